The van der Waals surface area contributed by atoms with Gasteiger partial charge in [-0.25, -0.2) is 4.98 Å². The molecule has 21 heavy (non-hydrogen) atoms. The monoisotopic (exact) mass is 300 g/mol. The molecular weight excluding hydrogens is 276 g/mol. The Morgan fingerprint density at radius 3 is 2.90 bits per heavy atom. The highest BCUT2D eigenvalue weighted by molar-refractivity contribution is 7.09. The molecule has 0 saturated carbocycles. The van der Waals surface area contributed by atoms with E-state index >= 15 is 0 Å². The first-order valence-corrected chi connectivity index (χ1v) is 8.82. The van der Waals surface area contributed by atoms with Crippen LogP contribution >= 0.6 is 11.3 Å². The van der Waals surface area contributed by atoms with Crippen LogP contribution in [-0.4, -0.2) is 11.5 Å². The minimum atomic E-state index is -0.0853. The minimum Gasteiger partial charge on any atom is -0.302 e. The highest BCUT2D eigenvalue weighted by atomic mass is 32.1. The number of fused-ring (bicyclic) bond motifs is 1. The third kappa shape index (κ3) is 2.53. The Labute approximate surface area is 131 Å². The van der Waals surface area contributed by atoms with E-state index in [4.69, 9.17) is 4.98 Å². The van der Waals surface area contributed by atoms with Crippen LogP contribution in [-0.2, 0) is 5.54 Å². The summed E-state index contributed by atoms with van der Waals surface area (Å²) in [4.78, 5) is 4.84. The number of hydrogen-bond donors (Lipinski definition) is 1. The van der Waals surface area contributed by atoms with Crippen molar-refractivity contribution in [1.82, 2.24) is 10.3 Å². The average molecular weight is 300 g/mol. The van der Waals surface area contributed by atoms with E-state index in [9.17, 15) is 0 Å². The second-order valence-electron chi connectivity index (χ2n) is 6.15. The molecule has 0 amide bonds. The van der Waals surface area contributed by atoms with Crippen LogP contribution in [0.25, 0.3) is 0 Å². The van der Waals surface area contributed by atoms with Crippen LogP contribution in [0.2, 0.25) is 0 Å². The first-order chi connectivity index (χ1) is 10.2. The van der Waals surface area contributed by atoms with Crippen molar-refractivity contribution in [1.29, 1.82) is 0 Å². The predicted molar refractivity (Wildman–Crippen MR) is 90.0 cm³/mol. The smallest absolute Gasteiger partial charge is 0.118 e. The predicted octanol–water partition coefficient (Wildman–Crippen LogP) is 4.59. The van der Waals surface area contributed by atoms with Crippen LogP contribution < -0.4 is 5.32 Å². The molecule has 0 saturated heterocycles. The molecule has 1 aliphatic carbocycles. The largest absolute Gasteiger partial charge is 0.302 e. The summed E-state index contributed by atoms with van der Waals surface area (Å²) in [5.41, 5.74) is 3.97. The lowest BCUT2D eigenvalue weighted by Crippen LogP contribution is -2.46. The van der Waals surface area contributed by atoms with Gasteiger partial charge in [0.25, 0.3) is 0 Å². The maximum Gasteiger partial charge on any atom is 0.118 e. The van der Waals surface area contributed by atoms with Crippen LogP contribution in [0, 0.1) is 6.92 Å². The molecule has 0 radical (unpaired) electrons. The van der Waals surface area contributed by atoms with Crippen LogP contribution in [0.5, 0.6) is 0 Å². The van der Waals surface area contributed by atoms with Gasteiger partial charge in [0.2, 0.25) is 0 Å². The van der Waals surface area contributed by atoms with Gasteiger partial charge in [-0.15, -0.1) is 11.3 Å². The lowest BCUT2D eigenvalue weighted by molar-refractivity contribution is 0.326. The zero-order valence-corrected chi connectivity index (χ0v) is 14.0. The van der Waals surface area contributed by atoms with E-state index < -0.39 is 0 Å². The Bertz CT molecular complexity index is 619. The topological polar surface area (TPSA) is 24.9 Å². The maximum atomic E-state index is 4.84. The molecule has 1 N–H and O–H groups in total. The minimum absolute atomic E-state index is 0.0853. The van der Waals surface area contributed by atoms with Crippen molar-refractivity contribution >= 4 is 11.3 Å². The highest BCUT2D eigenvalue weighted by Gasteiger charge is 2.41. The third-order valence-corrected chi connectivity index (χ3v) is 5.69. The van der Waals surface area contributed by atoms with Gasteiger partial charge >= 0.3 is 0 Å². The van der Waals surface area contributed by atoms with Crippen LogP contribution in [0.1, 0.15) is 60.9 Å². The molecule has 0 aliphatic heterocycles. The van der Waals surface area contributed by atoms with Crippen LogP contribution in [0.3, 0.4) is 0 Å². The van der Waals surface area contributed by atoms with Crippen molar-refractivity contribution in [3.05, 3.63) is 51.5 Å². The van der Waals surface area contributed by atoms with Gasteiger partial charge in [0.1, 0.15) is 5.01 Å². The molecule has 112 valence electrons. The molecule has 2 aromatic rings. The Kier molecular flexibility index (Phi) is 4.14. The van der Waals surface area contributed by atoms with Gasteiger partial charge in [0.05, 0.1) is 5.54 Å². The van der Waals surface area contributed by atoms with Crippen molar-refractivity contribution < 1.29 is 0 Å². The maximum absolute atomic E-state index is 4.84. The molecule has 0 fully saturated rings. The fourth-order valence-corrected chi connectivity index (χ4v) is 4.43. The van der Waals surface area contributed by atoms with Crippen molar-refractivity contribution in [2.75, 3.05) is 6.54 Å². The number of nitrogens with one attached hydrogen (secondary N) is 1. The molecule has 1 aromatic heterocycles. The Morgan fingerprint density at radius 1 is 1.38 bits per heavy atom. The summed E-state index contributed by atoms with van der Waals surface area (Å²) in [7, 11) is 0. The number of thiazole rings is 1. The number of nitrogens with zero attached hydrogens (tertiary/aromatic N) is 1. The van der Waals surface area contributed by atoms with Gasteiger partial charge in [0.15, 0.2) is 0 Å². The molecule has 3 heteroatoms. The lowest BCUT2D eigenvalue weighted by atomic mass is 9.72. The van der Waals surface area contributed by atoms with Crippen molar-refractivity contribution in [2.24, 2.45) is 0 Å². The summed E-state index contributed by atoms with van der Waals surface area (Å²) >= 11 is 1.80. The molecule has 3 rings (SSSR count). The molecule has 2 nitrogen and oxygen atoms in total. The number of aromatic nitrogens is 1. The summed E-state index contributed by atoms with van der Waals surface area (Å²) in [5, 5.41) is 7.24. The highest BCUT2D eigenvalue weighted by Crippen LogP contribution is 2.45. The summed E-state index contributed by atoms with van der Waals surface area (Å²) in [6.07, 6.45) is 3.49. The Hall–Kier alpha value is -1.19. The number of benzene rings is 1. The van der Waals surface area contributed by atoms with E-state index in [0.29, 0.717) is 5.92 Å². The quantitative estimate of drug-likeness (QED) is 0.893. The molecule has 1 aliphatic rings. The van der Waals surface area contributed by atoms with Gasteiger partial charge in [0, 0.05) is 11.1 Å². The molecule has 1 heterocycles. The average Bonchev–Trinajstić information content (AvgIpc) is 2.94. The second-order valence-corrected chi connectivity index (χ2v) is 7.01. The van der Waals surface area contributed by atoms with Gasteiger partial charge in [-0.05, 0) is 49.8 Å². The van der Waals surface area contributed by atoms with E-state index in [1.165, 1.54) is 22.6 Å². The zero-order chi connectivity index (χ0) is 14.9. The zero-order valence-electron chi connectivity index (χ0n) is 13.1. The fraction of sp³-hybridized carbons (Fsp3) is 0.500. The van der Waals surface area contributed by atoms with E-state index in [1.807, 2.05) is 0 Å². The molecule has 2 unspecified atom stereocenters. The SMILES string of the molecule is CCCNC1(c2nc(C)cs2)CCC(C)c2ccccc21. The number of hydrogen-bond acceptors (Lipinski definition) is 3. The van der Waals surface area contributed by atoms with Gasteiger partial charge in [-0.1, -0.05) is 38.1 Å². The van der Waals surface area contributed by atoms with Crippen molar-refractivity contribution in [3.8, 4) is 0 Å². The first-order valence-electron chi connectivity index (χ1n) is 7.94. The van der Waals surface area contributed by atoms with Gasteiger partial charge in [-0.3, -0.25) is 0 Å². The van der Waals surface area contributed by atoms with Gasteiger partial charge in [-0.2, -0.15) is 0 Å². The summed E-state index contributed by atoms with van der Waals surface area (Å²) in [5.74, 6) is 0.638. The molecule has 1 aromatic carbocycles. The summed E-state index contributed by atoms with van der Waals surface area (Å²) in [6.45, 7) is 7.69. The molecule has 2 atom stereocenters. The van der Waals surface area contributed by atoms with E-state index in [1.54, 1.807) is 11.3 Å². The number of rotatable bonds is 4. The van der Waals surface area contributed by atoms with E-state index in [-0.39, 0.29) is 5.54 Å². The van der Waals surface area contributed by atoms with E-state index in [0.717, 1.165) is 25.1 Å². The van der Waals surface area contributed by atoms with Crippen molar-refractivity contribution in [2.45, 2.75) is 51.5 Å². The van der Waals surface area contributed by atoms with Gasteiger partial charge < -0.3 is 5.32 Å². The standard InChI is InChI=1S/C18H24N2S/c1-4-11-19-18(17-20-14(3)12-21-17)10-9-13(2)15-7-5-6-8-16(15)18/h5-8,12-13,19H,4,9-11H2,1-3H3. The number of aryl methyl sites for hydroxylation is 1. The lowest BCUT2D eigenvalue weighted by Gasteiger charge is -2.41. The molecule has 0 bridgehead atoms. The molecular formula is C18H24N2S. The first kappa shape index (κ1) is 14.7. The van der Waals surface area contributed by atoms with E-state index in [2.05, 4.69) is 55.7 Å². The van der Waals surface area contributed by atoms with Crippen molar-refractivity contribution in [3.63, 3.8) is 0 Å². The normalized spacial score (nSPS) is 24.8. The van der Waals surface area contributed by atoms with Crippen LogP contribution in [0.4, 0.5) is 0 Å². The summed E-state index contributed by atoms with van der Waals surface area (Å²) in [6, 6.07) is 8.92. The second kappa shape index (κ2) is 5.90. The Balaban J connectivity index is 2.14. The molecule has 0 spiro atoms. The third-order valence-electron chi connectivity index (χ3n) is 4.56. The fourth-order valence-electron chi connectivity index (χ4n) is 3.41. The van der Waals surface area contributed by atoms with Crippen LogP contribution in [0.15, 0.2) is 29.6 Å². The Morgan fingerprint density at radius 2 is 2.19 bits per heavy atom. The summed E-state index contributed by atoms with van der Waals surface area (Å²) < 4.78 is 0.